The van der Waals surface area contributed by atoms with Crippen LogP contribution in [0.25, 0.3) is 0 Å². The Bertz CT molecular complexity index is 542. The number of hydrogen-bond donors (Lipinski definition) is 1. The quantitative estimate of drug-likeness (QED) is 0.846. The summed E-state index contributed by atoms with van der Waals surface area (Å²) in [4.78, 5) is 24.4. The molecule has 0 amide bonds. The lowest BCUT2D eigenvalue weighted by molar-refractivity contribution is -0.139. The van der Waals surface area contributed by atoms with Gasteiger partial charge in [0.2, 0.25) is 0 Å². The first-order valence-electron chi connectivity index (χ1n) is 6.27. The van der Waals surface area contributed by atoms with Gasteiger partial charge >= 0.3 is 11.9 Å². The SMILES string of the molecule is COC(=O)c1ccc2c(c1)OC(CC(=O)O)C(C)N2C. The largest absolute Gasteiger partial charge is 0.485 e. The van der Waals surface area contributed by atoms with E-state index in [0.29, 0.717) is 11.3 Å². The summed E-state index contributed by atoms with van der Waals surface area (Å²) in [6.07, 6.45) is -0.550. The molecule has 1 aliphatic heterocycles. The summed E-state index contributed by atoms with van der Waals surface area (Å²) >= 11 is 0. The van der Waals surface area contributed by atoms with E-state index in [4.69, 9.17) is 9.84 Å². The highest BCUT2D eigenvalue weighted by Crippen LogP contribution is 2.36. The van der Waals surface area contributed by atoms with Crippen LogP contribution in [-0.4, -0.2) is 43.3 Å². The fraction of sp³-hybridized carbons (Fsp3) is 0.429. The number of fused-ring (bicyclic) bond motifs is 1. The number of likely N-dealkylation sites (N-methyl/N-ethyl adjacent to an activating group) is 1. The predicted octanol–water partition coefficient (Wildman–Crippen LogP) is 1.53. The number of ether oxygens (including phenoxy) is 2. The molecule has 0 bridgehead atoms. The molecule has 0 spiro atoms. The van der Waals surface area contributed by atoms with Gasteiger partial charge < -0.3 is 19.5 Å². The van der Waals surface area contributed by atoms with Gasteiger partial charge in [0.05, 0.1) is 30.8 Å². The molecule has 0 saturated carbocycles. The monoisotopic (exact) mass is 279 g/mol. The van der Waals surface area contributed by atoms with E-state index in [-0.39, 0.29) is 12.5 Å². The number of rotatable bonds is 3. The van der Waals surface area contributed by atoms with Crippen molar-refractivity contribution >= 4 is 17.6 Å². The molecule has 0 aliphatic carbocycles. The number of anilines is 1. The third-order valence-electron chi connectivity index (χ3n) is 3.56. The Morgan fingerprint density at radius 1 is 1.45 bits per heavy atom. The number of nitrogens with zero attached hydrogens (tertiary/aromatic N) is 1. The minimum atomic E-state index is -0.914. The van der Waals surface area contributed by atoms with Gasteiger partial charge in [0.25, 0.3) is 0 Å². The molecule has 0 aromatic heterocycles. The van der Waals surface area contributed by atoms with Crippen molar-refractivity contribution in [2.24, 2.45) is 0 Å². The Morgan fingerprint density at radius 3 is 2.75 bits per heavy atom. The summed E-state index contributed by atoms with van der Waals surface area (Å²) < 4.78 is 10.4. The second-order valence-corrected chi connectivity index (χ2v) is 4.78. The first-order valence-corrected chi connectivity index (χ1v) is 6.27. The van der Waals surface area contributed by atoms with Gasteiger partial charge in [-0.15, -0.1) is 0 Å². The zero-order valence-corrected chi connectivity index (χ0v) is 11.6. The van der Waals surface area contributed by atoms with Crippen molar-refractivity contribution < 1.29 is 24.2 Å². The fourth-order valence-electron chi connectivity index (χ4n) is 2.26. The van der Waals surface area contributed by atoms with Crippen LogP contribution >= 0.6 is 0 Å². The molecule has 1 heterocycles. The van der Waals surface area contributed by atoms with Crippen molar-refractivity contribution in [2.45, 2.75) is 25.5 Å². The van der Waals surface area contributed by atoms with Gasteiger partial charge in [-0.25, -0.2) is 4.79 Å². The van der Waals surface area contributed by atoms with Crippen molar-refractivity contribution in [3.63, 3.8) is 0 Å². The minimum absolute atomic E-state index is 0.0671. The Kier molecular flexibility index (Phi) is 3.83. The number of hydrogen-bond acceptors (Lipinski definition) is 5. The molecule has 0 radical (unpaired) electrons. The zero-order valence-electron chi connectivity index (χ0n) is 11.6. The van der Waals surface area contributed by atoms with Crippen molar-refractivity contribution in [1.29, 1.82) is 0 Å². The first-order chi connectivity index (χ1) is 9.43. The molecule has 2 atom stereocenters. The molecule has 108 valence electrons. The molecule has 1 aromatic rings. The van der Waals surface area contributed by atoms with Gasteiger partial charge in [-0.05, 0) is 25.1 Å². The van der Waals surface area contributed by atoms with Gasteiger partial charge in [0.1, 0.15) is 11.9 Å². The molecular weight excluding hydrogens is 262 g/mol. The average molecular weight is 279 g/mol. The van der Waals surface area contributed by atoms with E-state index in [0.717, 1.165) is 5.69 Å². The molecule has 1 aromatic carbocycles. The number of carboxylic acids is 1. The molecule has 0 fully saturated rings. The maximum Gasteiger partial charge on any atom is 0.337 e. The Balaban J connectivity index is 2.34. The van der Waals surface area contributed by atoms with E-state index < -0.39 is 18.0 Å². The number of carboxylic acid groups (broad SMARTS) is 1. The minimum Gasteiger partial charge on any atom is -0.485 e. The zero-order chi connectivity index (χ0) is 14.9. The van der Waals surface area contributed by atoms with Gasteiger partial charge in [0, 0.05) is 7.05 Å². The molecule has 0 saturated heterocycles. The third kappa shape index (κ3) is 2.54. The van der Waals surface area contributed by atoms with Crippen LogP contribution in [-0.2, 0) is 9.53 Å². The van der Waals surface area contributed by atoms with Gasteiger partial charge in [-0.1, -0.05) is 0 Å². The second-order valence-electron chi connectivity index (χ2n) is 4.78. The van der Waals surface area contributed by atoms with Crippen LogP contribution in [0.3, 0.4) is 0 Å². The Labute approximate surface area is 116 Å². The van der Waals surface area contributed by atoms with Gasteiger partial charge in [-0.2, -0.15) is 0 Å². The molecule has 2 unspecified atom stereocenters. The lowest BCUT2D eigenvalue weighted by Crippen LogP contribution is -2.46. The van der Waals surface area contributed by atoms with Crippen LogP contribution < -0.4 is 9.64 Å². The van der Waals surface area contributed by atoms with E-state index in [1.54, 1.807) is 18.2 Å². The normalized spacial score (nSPS) is 20.9. The maximum absolute atomic E-state index is 11.5. The summed E-state index contributed by atoms with van der Waals surface area (Å²) in [7, 11) is 3.18. The van der Waals surface area contributed by atoms with E-state index in [1.165, 1.54) is 7.11 Å². The summed E-state index contributed by atoms with van der Waals surface area (Å²) in [5.41, 5.74) is 1.20. The molecule has 6 heteroatoms. The van der Waals surface area contributed by atoms with E-state index in [2.05, 4.69) is 4.74 Å². The number of benzene rings is 1. The smallest absolute Gasteiger partial charge is 0.337 e. The number of carbonyl (C=O) groups is 2. The van der Waals surface area contributed by atoms with Crippen LogP contribution in [0.4, 0.5) is 5.69 Å². The third-order valence-corrected chi connectivity index (χ3v) is 3.56. The summed E-state index contributed by atoms with van der Waals surface area (Å²) in [6.45, 7) is 1.91. The summed E-state index contributed by atoms with van der Waals surface area (Å²) in [6, 6.07) is 4.95. The predicted molar refractivity (Wildman–Crippen MR) is 72.3 cm³/mol. The Hall–Kier alpha value is -2.24. The standard InChI is InChI=1S/C14H17NO5/c1-8-11(7-13(16)17)20-12-6-9(14(18)19-3)4-5-10(12)15(8)2/h4-6,8,11H,7H2,1-3H3,(H,16,17). The maximum atomic E-state index is 11.5. The summed E-state index contributed by atoms with van der Waals surface area (Å²) in [5, 5.41) is 8.93. The fourth-order valence-corrected chi connectivity index (χ4v) is 2.26. The van der Waals surface area contributed by atoms with E-state index in [9.17, 15) is 9.59 Å². The highest BCUT2D eigenvalue weighted by molar-refractivity contribution is 5.91. The lowest BCUT2D eigenvalue weighted by atomic mass is 10.0. The van der Waals surface area contributed by atoms with Crippen molar-refractivity contribution in [2.75, 3.05) is 19.1 Å². The van der Waals surface area contributed by atoms with E-state index >= 15 is 0 Å². The number of methoxy groups -OCH3 is 1. The highest BCUT2D eigenvalue weighted by Gasteiger charge is 2.32. The molecule has 6 nitrogen and oxygen atoms in total. The van der Waals surface area contributed by atoms with Gasteiger partial charge in [-0.3, -0.25) is 4.79 Å². The molecule has 20 heavy (non-hydrogen) atoms. The molecule has 2 rings (SSSR count). The van der Waals surface area contributed by atoms with Crippen LogP contribution in [0, 0.1) is 0 Å². The molecule has 1 aliphatic rings. The first kappa shape index (κ1) is 14.2. The van der Waals surface area contributed by atoms with Crippen LogP contribution in [0.1, 0.15) is 23.7 Å². The van der Waals surface area contributed by atoms with Crippen molar-refractivity contribution in [3.05, 3.63) is 23.8 Å². The Morgan fingerprint density at radius 2 is 2.15 bits per heavy atom. The lowest BCUT2D eigenvalue weighted by Gasteiger charge is -2.39. The molecular formula is C14H17NO5. The van der Waals surface area contributed by atoms with Crippen LogP contribution in [0.15, 0.2) is 18.2 Å². The average Bonchev–Trinajstić information content (AvgIpc) is 2.42. The summed E-state index contributed by atoms with van der Waals surface area (Å²) in [5.74, 6) is -0.866. The van der Waals surface area contributed by atoms with Gasteiger partial charge in [0.15, 0.2) is 0 Å². The highest BCUT2D eigenvalue weighted by atomic mass is 16.5. The van der Waals surface area contributed by atoms with Crippen LogP contribution in [0.5, 0.6) is 5.75 Å². The van der Waals surface area contributed by atoms with Crippen LogP contribution in [0.2, 0.25) is 0 Å². The molecule has 1 N–H and O–H groups in total. The topological polar surface area (TPSA) is 76.1 Å². The number of carbonyl (C=O) groups excluding carboxylic acids is 1. The van der Waals surface area contributed by atoms with Crippen molar-refractivity contribution in [3.8, 4) is 5.75 Å². The number of esters is 1. The second kappa shape index (κ2) is 5.40. The van der Waals surface area contributed by atoms with Crippen molar-refractivity contribution in [1.82, 2.24) is 0 Å². The number of aliphatic carboxylic acids is 1. The van der Waals surface area contributed by atoms with E-state index in [1.807, 2.05) is 18.9 Å².